The molecule has 21 heavy (non-hydrogen) atoms. The lowest BCUT2D eigenvalue weighted by atomic mass is 10.2. The highest BCUT2D eigenvalue weighted by atomic mass is 16.3. The fourth-order valence-electron chi connectivity index (χ4n) is 2.33. The summed E-state index contributed by atoms with van der Waals surface area (Å²) in [6.45, 7) is 5.59. The standard InChI is InChI=1S/C14H17N3O2.C2H6/c18-12-9-16(10-13(12)19)14-6-7-17(15-14)8-11-4-2-1-3-5-11;1-2/h1-7,12-13,18-19H,8-10H2;1-2H3/t12-,13+;. The molecule has 1 aromatic heterocycles. The van der Waals surface area contributed by atoms with Crippen molar-refractivity contribution in [3.8, 4) is 0 Å². The number of aliphatic hydroxyl groups excluding tert-OH is 2. The molecule has 0 aliphatic carbocycles. The van der Waals surface area contributed by atoms with Gasteiger partial charge in [-0.1, -0.05) is 44.2 Å². The number of anilines is 1. The van der Waals surface area contributed by atoms with Gasteiger partial charge >= 0.3 is 0 Å². The smallest absolute Gasteiger partial charge is 0.150 e. The molecule has 0 radical (unpaired) electrons. The molecule has 0 bridgehead atoms. The van der Waals surface area contributed by atoms with Crippen molar-refractivity contribution in [3.05, 3.63) is 48.2 Å². The fourth-order valence-corrected chi connectivity index (χ4v) is 2.33. The third-order valence-electron chi connectivity index (χ3n) is 3.40. The van der Waals surface area contributed by atoms with Gasteiger partial charge in [-0.3, -0.25) is 4.68 Å². The Morgan fingerprint density at radius 3 is 2.29 bits per heavy atom. The average Bonchev–Trinajstić information content (AvgIpc) is 3.10. The Morgan fingerprint density at radius 2 is 1.67 bits per heavy atom. The molecule has 2 heterocycles. The van der Waals surface area contributed by atoms with Crippen molar-refractivity contribution < 1.29 is 10.2 Å². The Labute approximate surface area is 125 Å². The predicted octanol–water partition coefficient (Wildman–Crippen LogP) is 1.50. The first kappa shape index (κ1) is 15.5. The van der Waals surface area contributed by atoms with Crippen molar-refractivity contribution in [1.82, 2.24) is 9.78 Å². The maximum absolute atomic E-state index is 9.55. The highest BCUT2D eigenvalue weighted by Gasteiger charge is 2.30. The van der Waals surface area contributed by atoms with Gasteiger partial charge in [-0.15, -0.1) is 0 Å². The van der Waals surface area contributed by atoms with Crippen molar-refractivity contribution >= 4 is 5.82 Å². The third-order valence-corrected chi connectivity index (χ3v) is 3.40. The zero-order chi connectivity index (χ0) is 15.2. The topological polar surface area (TPSA) is 61.5 Å². The molecular formula is C16H23N3O2. The summed E-state index contributed by atoms with van der Waals surface area (Å²) in [5.41, 5.74) is 1.19. The minimum atomic E-state index is -0.681. The molecule has 5 nitrogen and oxygen atoms in total. The molecule has 2 aromatic rings. The number of β-amino-alcohol motifs (C(OH)–C–C–N with tert-alkyl or cyclic N) is 2. The predicted molar refractivity (Wildman–Crippen MR) is 83.3 cm³/mol. The van der Waals surface area contributed by atoms with E-state index in [-0.39, 0.29) is 0 Å². The molecule has 2 atom stereocenters. The van der Waals surface area contributed by atoms with Gasteiger partial charge in [0.15, 0.2) is 5.82 Å². The van der Waals surface area contributed by atoms with Crippen LogP contribution in [0.5, 0.6) is 0 Å². The average molecular weight is 289 g/mol. The van der Waals surface area contributed by atoms with Crippen LogP contribution in [0.2, 0.25) is 0 Å². The third kappa shape index (κ3) is 3.83. The number of rotatable bonds is 3. The molecule has 114 valence electrons. The highest BCUT2D eigenvalue weighted by molar-refractivity contribution is 5.39. The zero-order valence-corrected chi connectivity index (χ0v) is 12.6. The van der Waals surface area contributed by atoms with Crippen LogP contribution in [0, 0.1) is 0 Å². The molecule has 5 heteroatoms. The molecular weight excluding hydrogens is 266 g/mol. The van der Waals surface area contributed by atoms with E-state index in [2.05, 4.69) is 17.2 Å². The largest absolute Gasteiger partial charge is 0.389 e. The zero-order valence-electron chi connectivity index (χ0n) is 12.6. The molecule has 1 saturated heterocycles. The van der Waals surface area contributed by atoms with Gasteiger partial charge in [0.25, 0.3) is 0 Å². The van der Waals surface area contributed by atoms with Crippen LogP contribution >= 0.6 is 0 Å². The van der Waals surface area contributed by atoms with Crippen LogP contribution in [0.1, 0.15) is 19.4 Å². The normalized spacial score (nSPS) is 21.0. The molecule has 1 fully saturated rings. The van der Waals surface area contributed by atoms with Gasteiger partial charge in [0, 0.05) is 25.4 Å². The van der Waals surface area contributed by atoms with Crippen LogP contribution < -0.4 is 4.90 Å². The molecule has 1 aliphatic rings. The second-order valence-electron chi connectivity index (χ2n) is 4.90. The van der Waals surface area contributed by atoms with Crippen molar-refractivity contribution in [3.63, 3.8) is 0 Å². The van der Waals surface area contributed by atoms with Gasteiger partial charge < -0.3 is 15.1 Å². The quantitative estimate of drug-likeness (QED) is 0.899. The molecule has 1 aromatic carbocycles. The second kappa shape index (κ2) is 7.24. The van der Waals surface area contributed by atoms with Crippen LogP contribution in [0.15, 0.2) is 42.6 Å². The SMILES string of the molecule is CC.O[C@@H]1CN(c2ccn(Cc3ccccc3)n2)C[C@@H]1O. The van der Waals surface area contributed by atoms with Gasteiger partial charge in [0.1, 0.15) is 0 Å². The Bertz CT molecular complexity index is 531. The second-order valence-corrected chi connectivity index (χ2v) is 4.90. The number of nitrogens with zero attached hydrogens (tertiary/aromatic N) is 3. The molecule has 2 N–H and O–H groups in total. The Balaban J connectivity index is 0.000000774. The maximum Gasteiger partial charge on any atom is 0.150 e. The van der Waals surface area contributed by atoms with Crippen molar-refractivity contribution in [1.29, 1.82) is 0 Å². The van der Waals surface area contributed by atoms with Crippen LogP contribution in [0.25, 0.3) is 0 Å². The number of aromatic nitrogens is 2. The number of benzene rings is 1. The minimum Gasteiger partial charge on any atom is -0.389 e. The van der Waals surface area contributed by atoms with Gasteiger partial charge in [-0.05, 0) is 5.56 Å². The summed E-state index contributed by atoms with van der Waals surface area (Å²) in [6, 6.07) is 12.0. The van der Waals surface area contributed by atoms with Gasteiger partial charge in [-0.2, -0.15) is 5.10 Å². The molecule has 0 unspecified atom stereocenters. The monoisotopic (exact) mass is 289 g/mol. The van der Waals surface area contributed by atoms with Crippen molar-refractivity contribution in [2.24, 2.45) is 0 Å². The van der Waals surface area contributed by atoms with E-state index >= 15 is 0 Å². The van der Waals surface area contributed by atoms with Crippen LogP contribution in [-0.2, 0) is 6.54 Å². The molecule has 0 saturated carbocycles. The van der Waals surface area contributed by atoms with E-state index < -0.39 is 12.2 Å². The Hall–Kier alpha value is -1.85. The molecule has 1 aliphatic heterocycles. The fraction of sp³-hybridized carbons (Fsp3) is 0.438. The van der Waals surface area contributed by atoms with Crippen molar-refractivity contribution in [2.75, 3.05) is 18.0 Å². The van der Waals surface area contributed by atoms with Gasteiger partial charge in [0.05, 0.1) is 18.8 Å². The maximum atomic E-state index is 9.55. The van der Waals surface area contributed by atoms with Crippen LogP contribution in [0.3, 0.4) is 0 Å². The summed E-state index contributed by atoms with van der Waals surface area (Å²) in [6.07, 6.45) is 0.554. The van der Waals surface area contributed by atoms with Gasteiger partial charge in [0.2, 0.25) is 0 Å². The van der Waals surface area contributed by atoms with Crippen LogP contribution in [0.4, 0.5) is 5.82 Å². The first-order valence-electron chi connectivity index (χ1n) is 7.41. The number of hydrogen-bond donors (Lipinski definition) is 2. The number of hydrogen-bond acceptors (Lipinski definition) is 4. The van der Waals surface area contributed by atoms with E-state index in [1.54, 1.807) is 0 Å². The van der Waals surface area contributed by atoms with E-state index in [4.69, 9.17) is 0 Å². The van der Waals surface area contributed by atoms with E-state index in [1.165, 1.54) is 5.56 Å². The summed E-state index contributed by atoms with van der Waals surface area (Å²) in [5, 5.41) is 23.6. The molecule has 0 amide bonds. The highest BCUT2D eigenvalue weighted by Crippen LogP contribution is 2.18. The Morgan fingerprint density at radius 1 is 1.05 bits per heavy atom. The van der Waals surface area contributed by atoms with Crippen LogP contribution in [-0.4, -0.2) is 45.3 Å². The van der Waals surface area contributed by atoms with Gasteiger partial charge in [-0.25, -0.2) is 0 Å². The molecule has 3 rings (SSSR count). The summed E-state index contributed by atoms with van der Waals surface area (Å²) >= 11 is 0. The summed E-state index contributed by atoms with van der Waals surface area (Å²) in [4.78, 5) is 1.90. The first-order valence-corrected chi connectivity index (χ1v) is 7.41. The summed E-state index contributed by atoms with van der Waals surface area (Å²) < 4.78 is 1.86. The van der Waals surface area contributed by atoms with Crippen molar-refractivity contribution in [2.45, 2.75) is 32.6 Å². The lowest BCUT2D eigenvalue weighted by molar-refractivity contribution is 0.0572. The minimum absolute atomic E-state index is 0.434. The lowest BCUT2D eigenvalue weighted by Crippen LogP contribution is -2.22. The van der Waals surface area contributed by atoms with E-state index in [1.807, 2.05) is 53.9 Å². The van der Waals surface area contributed by atoms with E-state index in [0.29, 0.717) is 13.1 Å². The Kier molecular flexibility index (Phi) is 5.36. The summed E-state index contributed by atoms with van der Waals surface area (Å²) in [7, 11) is 0. The number of aliphatic hydroxyl groups is 2. The summed E-state index contributed by atoms with van der Waals surface area (Å²) in [5.74, 6) is 0.798. The first-order chi connectivity index (χ1) is 10.2. The molecule has 0 spiro atoms. The van der Waals surface area contributed by atoms with E-state index in [0.717, 1.165) is 12.4 Å². The lowest BCUT2D eigenvalue weighted by Gasteiger charge is -2.13. The van der Waals surface area contributed by atoms with E-state index in [9.17, 15) is 10.2 Å².